The lowest BCUT2D eigenvalue weighted by Gasteiger charge is -2.17. The molecule has 1 amide bonds. The first-order valence-electron chi connectivity index (χ1n) is 7.55. The second-order valence-corrected chi connectivity index (χ2v) is 7.08. The summed E-state index contributed by atoms with van der Waals surface area (Å²) < 4.78 is 5.11. The summed E-state index contributed by atoms with van der Waals surface area (Å²) in [5.41, 5.74) is 1.27. The molecule has 0 aromatic carbocycles. The minimum atomic E-state index is -0.387. The van der Waals surface area contributed by atoms with Crippen LogP contribution in [0.3, 0.4) is 0 Å². The highest BCUT2D eigenvalue weighted by Gasteiger charge is 2.19. The number of nitrogens with one attached hydrogen (secondary N) is 1. The molecule has 21 heavy (non-hydrogen) atoms. The van der Waals surface area contributed by atoms with Crippen molar-refractivity contribution in [1.82, 2.24) is 5.32 Å². The predicted octanol–water partition coefficient (Wildman–Crippen LogP) is 2.94. The Morgan fingerprint density at radius 3 is 2.67 bits per heavy atom. The summed E-state index contributed by atoms with van der Waals surface area (Å²) in [5, 5.41) is 2.82. The number of carbonyl (C=O) groups excluding carboxylic acids is 2. The molecule has 1 N–H and O–H groups in total. The normalized spacial score (nSPS) is 15.4. The van der Waals surface area contributed by atoms with Gasteiger partial charge in [0.2, 0.25) is 0 Å². The van der Waals surface area contributed by atoms with Crippen LogP contribution >= 0.6 is 11.3 Å². The van der Waals surface area contributed by atoms with Gasteiger partial charge < -0.3 is 10.1 Å². The van der Waals surface area contributed by atoms with Crippen LogP contribution in [0.2, 0.25) is 0 Å². The van der Waals surface area contributed by atoms with Crippen LogP contribution in [-0.4, -0.2) is 24.5 Å². The molecule has 5 heteroatoms. The van der Waals surface area contributed by atoms with Gasteiger partial charge in [0, 0.05) is 10.9 Å². The van der Waals surface area contributed by atoms with E-state index in [2.05, 4.69) is 5.32 Å². The van der Waals surface area contributed by atoms with Gasteiger partial charge in [-0.25, -0.2) is 4.79 Å². The number of hydrogen-bond acceptors (Lipinski definition) is 4. The fourth-order valence-corrected chi connectivity index (χ4v) is 3.40. The molecule has 1 aromatic heterocycles. The van der Waals surface area contributed by atoms with Crippen molar-refractivity contribution in [2.24, 2.45) is 5.92 Å². The van der Waals surface area contributed by atoms with Crippen LogP contribution in [0.5, 0.6) is 0 Å². The van der Waals surface area contributed by atoms with E-state index in [0.29, 0.717) is 10.8 Å². The van der Waals surface area contributed by atoms with E-state index in [0.717, 1.165) is 12.8 Å². The van der Waals surface area contributed by atoms with Crippen molar-refractivity contribution in [3.63, 3.8) is 0 Å². The molecular weight excluding hydrogens is 286 g/mol. The zero-order valence-corrected chi connectivity index (χ0v) is 13.7. The van der Waals surface area contributed by atoms with Crippen LogP contribution in [0.4, 0.5) is 0 Å². The van der Waals surface area contributed by atoms with Crippen LogP contribution in [0, 0.1) is 5.92 Å². The first kappa shape index (κ1) is 16.0. The molecule has 0 radical (unpaired) electrons. The van der Waals surface area contributed by atoms with Crippen molar-refractivity contribution < 1.29 is 14.3 Å². The number of esters is 1. The molecule has 2 rings (SSSR count). The minimum Gasteiger partial charge on any atom is -0.451 e. The Labute approximate surface area is 129 Å². The van der Waals surface area contributed by atoms with Gasteiger partial charge in [-0.15, -0.1) is 11.3 Å². The van der Waals surface area contributed by atoms with Gasteiger partial charge in [0.15, 0.2) is 6.61 Å². The van der Waals surface area contributed by atoms with E-state index in [1.807, 2.05) is 26.8 Å². The number of amides is 1. The van der Waals surface area contributed by atoms with Crippen LogP contribution in [0.1, 0.15) is 53.7 Å². The summed E-state index contributed by atoms with van der Waals surface area (Å²) in [6.07, 6.45) is 4.48. The first-order chi connectivity index (χ1) is 9.97. The van der Waals surface area contributed by atoms with E-state index in [-0.39, 0.29) is 24.5 Å². The van der Waals surface area contributed by atoms with E-state index in [4.69, 9.17) is 4.74 Å². The molecule has 0 unspecified atom stereocenters. The molecule has 1 atom stereocenters. The molecule has 1 aliphatic carbocycles. The smallest absolute Gasteiger partial charge is 0.348 e. The molecule has 1 heterocycles. The molecule has 116 valence electrons. The highest BCUT2D eigenvalue weighted by molar-refractivity contribution is 7.14. The Kier molecular flexibility index (Phi) is 5.39. The monoisotopic (exact) mass is 309 g/mol. The van der Waals surface area contributed by atoms with Gasteiger partial charge in [-0.1, -0.05) is 13.8 Å². The Morgan fingerprint density at radius 1 is 1.29 bits per heavy atom. The van der Waals surface area contributed by atoms with Gasteiger partial charge in [0.25, 0.3) is 5.91 Å². The largest absolute Gasteiger partial charge is 0.451 e. The van der Waals surface area contributed by atoms with Crippen molar-refractivity contribution >= 4 is 23.2 Å². The zero-order valence-electron chi connectivity index (χ0n) is 12.9. The summed E-state index contributed by atoms with van der Waals surface area (Å²) in [6, 6.07) is 2.00. The Balaban J connectivity index is 1.84. The second kappa shape index (κ2) is 7.07. The van der Waals surface area contributed by atoms with Gasteiger partial charge in [0.05, 0.1) is 0 Å². The van der Waals surface area contributed by atoms with Crippen LogP contribution in [-0.2, 0) is 22.4 Å². The third-order valence-electron chi connectivity index (χ3n) is 3.92. The number of ether oxygens (including phenoxy) is 1. The second-order valence-electron chi connectivity index (χ2n) is 5.94. The maximum absolute atomic E-state index is 12.0. The van der Waals surface area contributed by atoms with Crippen molar-refractivity contribution in [2.75, 3.05) is 6.61 Å². The van der Waals surface area contributed by atoms with E-state index in [9.17, 15) is 9.59 Å². The highest BCUT2D eigenvalue weighted by Crippen LogP contribution is 2.29. The van der Waals surface area contributed by atoms with Gasteiger partial charge in [-0.05, 0) is 50.2 Å². The number of thiophene rings is 1. The van der Waals surface area contributed by atoms with Crippen LogP contribution in [0.25, 0.3) is 0 Å². The summed E-state index contributed by atoms with van der Waals surface area (Å²) in [6.45, 7) is 5.80. The summed E-state index contributed by atoms with van der Waals surface area (Å²) >= 11 is 1.51. The maximum Gasteiger partial charge on any atom is 0.348 e. The molecule has 0 fully saturated rings. The quantitative estimate of drug-likeness (QED) is 0.851. The standard InChI is InChI=1S/C16H23NO3S/c1-10(2)11(3)17-15(18)9-20-16(19)14-8-12-6-4-5-7-13(12)21-14/h8,10-11H,4-7,9H2,1-3H3,(H,17,18)/t11-/m0/s1. The molecule has 0 saturated carbocycles. The molecule has 0 saturated heterocycles. The minimum absolute atomic E-state index is 0.0743. The zero-order chi connectivity index (χ0) is 15.4. The lowest BCUT2D eigenvalue weighted by Crippen LogP contribution is -2.38. The third-order valence-corrected chi connectivity index (χ3v) is 5.14. The number of fused-ring (bicyclic) bond motifs is 1. The lowest BCUT2D eigenvalue weighted by atomic mass is 9.99. The van der Waals surface area contributed by atoms with Crippen LogP contribution < -0.4 is 5.32 Å². The third kappa shape index (κ3) is 4.30. The average molecular weight is 309 g/mol. The fourth-order valence-electron chi connectivity index (χ4n) is 2.26. The van der Waals surface area contributed by atoms with Gasteiger partial charge in [-0.3, -0.25) is 4.79 Å². The first-order valence-corrected chi connectivity index (χ1v) is 8.37. The molecule has 1 aromatic rings. The summed E-state index contributed by atoms with van der Waals surface area (Å²) in [7, 11) is 0. The van der Waals surface area contributed by atoms with E-state index < -0.39 is 0 Å². The van der Waals surface area contributed by atoms with Gasteiger partial charge in [0.1, 0.15) is 4.88 Å². The summed E-state index contributed by atoms with van der Waals surface area (Å²) in [5.74, 6) is -0.277. The maximum atomic E-state index is 12.0. The van der Waals surface area contributed by atoms with E-state index in [1.165, 1.54) is 34.6 Å². The topological polar surface area (TPSA) is 55.4 Å². The Hall–Kier alpha value is -1.36. The van der Waals surface area contributed by atoms with Crippen molar-refractivity contribution in [1.29, 1.82) is 0 Å². The molecular formula is C16H23NO3S. The van der Waals surface area contributed by atoms with Crippen molar-refractivity contribution in [3.8, 4) is 0 Å². The SMILES string of the molecule is CC(C)[C@H](C)NC(=O)COC(=O)c1cc2c(s1)CCCC2. The number of rotatable bonds is 5. The van der Waals surface area contributed by atoms with Crippen LogP contribution in [0.15, 0.2) is 6.07 Å². The molecule has 0 spiro atoms. The van der Waals surface area contributed by atoms with Gasteiger partial charge >= 0.3 is 5.97 Å². The molecule has 1 aliphatic rings. The number of aryl methyl sites for hydroxylation is 2. The van der Waals surface area contributed by atoms with Crippen molar-refractivity contribution in [2.45, 2.75) is 52.5 Å². The Bertz CT molecular complexity index is 498. The van der Waals surface area contributed by atoms with E-state index >= 15 is 0 Å². The summed E-state index contributed by atoms with van der Waals surface area (Å²) in [4.78, 5) is 25.6. The fraction of sp³-hybridized carbons (Fsp3) is 0.625. The average Bonchev–Trinajstić information content (AvgIpc) is 2.88. The number of hydrogen-bond donors (Lipinski definition) is 1. The van der Waals surface area contributed by atoms with Gasteiger partial charge in [-0.2, -0.15) is 0 Å². The molecule has 4 nitrogen and oxygen atoms in total. The van der Waals surface area contributed by atoms with E-state index in [1.54, 1.807) is 0 Å². The predicted molar refractivity (Wildman–Crippen MR) is 83.7 cm³/mol. The van der Waals surface area contributed by atoms with Crippen molar-refractivity contribution in [3.05, 3.63) is 21.4 Å². The molecule has 0 bridgehead atoms. The number of carbonyl (C=O) groups is 2. The lowest BCUT2D eigenvalue weighted by molar-refractivity contribution is -0.125. The molecule has 0 aliphatic heterocycles. The highest BCUT2D eigenvalue weighted by atomic mass is 32.1. The Morgan fingerprint density at radius 2 is 2.00 bits per heavy atom.